The molecule has 1 fully saturated rings. The van der Waals surface area contributed by atoms with Crippen LogP contribution in [0.4, 0.5) is 0 Å². The third-order valence-corrected chi connectivity index (χ3v) is 7.36. The average Bonchev–Trinajstić information content (AvgIpc) is 3.48. The van der Waals surface area contributed by atoms with E-state index in [1.165, 1.54) is 0 Å². The number of carboxylic acids is 1. The molecule has 1 saturated carbocycles. The fraction of sp³-hybridized carbons (Fsp3) is 0.233. The third-order valence-electron chi connectivity index (χ3n) is 7.36. The van der Waals surface area contributed by atoms with Gasteiger partial charge in [-0.05, 0) is 59.7 Å². The molecule has 1 aliphatic heterocycles. The number of carboxylic acid groups (broad SMARTS) is 1. The molecule has 0 saturated heterocycles. The zero-order chi connectivity index (χ0) is 26.8. The van der Waals surface area contributed by atoms with E-state index in [1.807, 2.05) is 36.4 Å². The molecule has 0 bridgehead atoms. The molecule has 1 N–H and O–H groups in total. The van der Waals surface area contributed by atoms with Crippen LogP contribution in [0.5, 0.6) is 0 Å². The highest BCUT2D eigenvalue weighted by molar-refractivity contribution is 6.21. The second kappa shape index (κ2) is 10.3. The van der Waals surface area contributed by atoms with Crippen molar-refractivity contribution in [1.82, 2.24) is 4.90 Å². The maximum absolute atomic E-state index is 12.9. The number of nitrogens with zero attached hydrogens (tertiary/aromatic N) is 2. The van der Waals surface area contributed by atoms with Gasteiger partial charge in [-0.25, -0.2) is 0 Å². The monoisotopic (exact) mass is 508 g/mol. The highest BCUT2D eigenvalue weighted by Gasteiger charge is 2.48. The first-order chi connectivity index (χ1) is 18.4. The normalized spacial score (nSPS) is 20.2. The third kappa shape index (κ3) is 4.66. The summed E-state index contributed by atoms with van der Waals surface area (Å²) in [6.45, 7) is -0.0533. The Balaban J connectivity index is 1.21. The zero-order valence-corrected chi connectivity index (χ0v) is 20.4. The van der Waals surface area contributed by atoms with Crippen LogP contribution in [-0.4, -0.2) is 40.3 Å². The summed E-state index contributed by atoms with van der Waals surface area (Å²) < 4.78 is 5.49. The number of carbonyl (C=O) groups is 4. The van der Waals surface area contributed by atoms with Gasteiger partial charge >= 0.3 is 11.9 Å². The van der Waals surface area contributed by atoms with Crippen molar-refractivity contribution in [2.45, 2.75) is 19.4 Å². The molecule has 1 aliphatic carbocycles. The molecule has 8 nitrogen and oxygen atoms in total. The summed E-state index contributed by atoms with van der Waals surface area (Å²) in [4.78, 5) is 51.6. The fourth-order valence-electron chi connectivity index (χ4n) is 5.36. The lowest BCUT2D eigenvalue weighted by molar-refractivity contribution is -0.158. The number of ether oxygens (including phenoxy) is 1. The minimum absolute atomic E-state index is 0.00159. The van der Waals surface area contributed by atoms with Crippen LogP contribution < -0.4 is 0 Å². The van der Waals surface area contributed by atoms with Crippen molar-refractivity contribution in [3.8, 4) is 17.2 Å². The van der Waals surface area contributed by atoms with Crippen molar-refractivity contribution < 1.29 is 29.0 Å². The highest BCUT2D eigenvalue weighted by Crippen LogP contribution is 2.40. The van der Waals surface area contributed by atoms with Gasteiger partial charge in [0.2, 0.25) is 0 Å². The van der Waals surface area contributed by atoms with E-state index in [0.717, 1.165) is 21.6 Å². The Labute approximate surface area is 219 Å². The van der Waals surface area contributed by atoms with Crippen molar-refractivity contribution in [3.05, 3.63) is 95.1 Å². The molecule has 5 rings (SSSR count). The molecule has 0 unspecified atom stereocenters. The van der Waals surface area contributed by atoms with Crippen LogP contribution in [0.15, 0.2) is 72.8 Å². The molecule has 3 aromatic carbocycles. The van der Waals surface area contributed by atoms with E-state index in [1.54, 1.807) is 36.4 Å². The van der Waals surface area contributed by atoms with E-state index in [-0.39, 0.29) is 13.2 Å². The van der Waals surface area contributed by atoms with Crippen molar-refractivity contribution in [2.24, 2.45) is 17.8 Å². The number of hydrogen-bond acceptors (Lipinski definition) is 6. The first-order valence-corrected chi connectivity index (χ1v) is 12.3. The summed E-state index contributed by atoms with van der Waals surface area (Å²) in [5.41, 5.74) is 3.85. The van der Waals surface area contributed by atoms with Gasteiger partial charge in [-0.3, -0.25) is 24.1 Å². The van der Waals surface area contributed by atoms with Gasteiger partial charge in [0.25, 0.3) is 11.8 Å². The second-order valence-corrected chi connectivity index (χ2v) is 9.57. The van der Waals surface area contributed by atoms with Gasteiger partial charge in [-0.2, -0.15) is 5.26 Å². The van der Waals surface area contributed by atoms with Crippen molar-refractivity contribution in [2.75, 3.05) is 6.54 Å². The molecule has 1 heterocycles. The fourth-order valence-corrected chi connectivity index (χ4v) is 5.36. The van der Waals surface area contributed by atoms with Crippen molar-refractivity contribution >= 4 is 23.8 Å². The maximum atomic E-state index is 12.9. The molecular formula is C30H24N2O6. The molecule has 38 heavy (non-hydrogen) atoms. The number of aliphatic carboxylic acids is 1. The Kier molecular flexibility index (Phi) is 6.75. The Bertz CT molecular complexity index is 1420. The molecular weight excluding hydrogens is 484 g/mol. The zero-order valence-electron chi connectivity index (χ0n) is 20.4. The smallest absolute Gasteiger partial charge is 0.310 e. The Morgan fingerprint density at radius 3 is 2.03 bits per heavy atom. The number of hydrogen-bond donors (Lipinski definition) is 1. The maximum Gasteiger partial charge on any atom is 0.310 e. The minimum atomic E-state index is -1.14. The van der Waals surface area contributed by atoms with E-state index in [2.05, 4.69) is 6.07 Å². The number of carbonyl (C=O) groups excluding carboxylic acids is 3. The van der Waals surface area contributed by atoms with Crippen molar-refractivity contribution in [1.29, 1.82) is 5.26 Å². The average molecular weight is 509 g/mol. The SMILES string of the molecule is N#Cc1ccc(-c2ccc(COC(=O)[C@H]3CC[C@@H](CN4C(=O)c5ccccc5C4=O)[C@H]3C(=O)O)cc2)cc1. The summed E-state index contributed by atoms with van der Waals surface area (Å²) in [7, 11) is 0. The number of esters is 1. The molecule has 3 aromatic rings. The molecule has 3 atom stereocenters. The van der Waals surface area contributed by atoms with Gasteiger partial charge in [0.15, 0.2) is 0 Å². The Morgan fingerprint density at radius 2 is 1.47 bits per heavy atom. The largest absolute Gasteiger partial charge is 0.481 e. The predicted octanol–water partition coefficient (Wildman–Crippen LogP) is 4.29. The van der Waals surface area contributed by atoms with Gasteiger partial charge < -0.3 is 9.84 Å². The molecule has 0 radical (unpaired) electrons. The lowest BCUT2D eigenvalue weighted by atomic mass is 9.89. The molecule has 2 amide bonds. The van der Waals surface area contributed by atoms with E-state index >= 15 is 0 Å². The van der Waals surface area contributed by atoms with Crippen LogP contribution in [0.25, 0.3) is 11.1 Å². The summed E-state index contributed by atoms with van der Waals surface area (Å²) in [6.07, 6.45) is 0.699. The highest BCUT2D eigenvalue weighted by atomic mass is 16.5. The summed E-state index contributed by atoms with van der Waals surface area (Å²) in [5.74, 6) is -5.07. The molecule has 0 spiro atoms. The first-order valence-electron chi connectivity index (χ1n) is 12.3. The van der Waals surface area contributed by atoms with Crippen LogP contribution in [0, 0.1) is 29.1 Å². The van der Waals surface area contributed by atoms with Gasteiger partial charge in [0.05, 0.1) is 34.6 Å². The van der Waals surface area contributed by atoms with Gasteiger partial charge in [0.1, 0.15) is 6.61 Å². The molecule has 8 heteroatoms. The molecule has 190 valence electrons. The minimum Gasteiger partial charge on any atom is -0.481 e. The Morgan fingerprint density at radius 1 is 0.895 bits per heavy atom. The standard InChI is InChI=1S/C30H24N2O6/c31-15-18-5-9-20(10-6-18)21-11-7-19(8-12-21)17-38-30(37)25-14-13-22(26(25)29(35)36)16-32-27(33)23-3-1-2-4-24(23)28(32)34/h1-12,22,25-26H,13-14,16-17H2,(H,35,36)/t22-,25-,26+/m0/s1. The molecule has 2 aliphatic rings. The van der Waals surface area contributed by atoms with Crippen LogP contribution >= 0.6 is 0 Å². The topological polar surface area (TPSA) is 125 Å². The van der Waals surface area contributed by atoms with Gasteiger partial charge in [0, 0.05) is 6.54 Å². The second-order valence-electron chi connectivity index (χ2n) is 9.57. The summed E-state index contributed by atoms with van der Waals surface area (Å²) in [6, 6.07) is 23.2. The van der Waals surface area contributed by atoms with E-state index in [4.69, 9.17) is 10.00 Å². The first kappa shape index (κ1) is 24.9. The lowest BCUT2D eigenvalue weighted by Gasteiger charge is -2.24. The lowest BCUT2D eigenvalue weighted by Crippen LogP contribution is -2.39. The Hall–Kier alpha value is -4.77. The predicted molar refractivity (Wildman–Crippen MR) is 136 cm³/mol. The van der Waals surface area contributed by atoms with Gasteiger partial charge in [-0.1, -0.05) is 48.5 Å². The number of amides is 2. The number of fused-ring (bicyclic) bond motifs is 1. The number of rotatable bonds is 7. The van der Waals surface area contributed by atoms with E-state index in [0.29, 0.717) is 29.5 Å². The molecule has 0 aromatic heterocycles. The van der Waals surface area contributed by atoms with E-state index < -0.39 is 41.5 Å². The van der Waals surface area contributed by atoms with Crippen LogP contribution in [0.1, 0.15) is 44.7 Å². The quantitative estimate of drug-likeness (QED) is 0.373. The van der Waals surface area contributed by atoms with Crippen LogP contribution in [0.2, 0.25) is 0 Å². The van der Waals surface area contributed by atoms with E-state index in [9.17, 15) is 24.3 Å². The van der Waals surface area contributed by atoms with Crippen molar-refractivity contribution in [3.63, 3.8) is 0 Å². The van der Waals surface area contributed by atoms with Gasteiger partial charge in [-0.15, -0.1) is 0 Å². The number of imide groups is 1. The summed E-state index contributed by atoms with van der Waals surface area (Å²) in [5, 5.41) is 18.9. The summed E-state index contributed by atoms with van der Waals surface area (Å²) >= 11 is 0. The number of benzene rings is 3. The number of nitriles is 1. The van der Waals surface area contributed by atoms with Crippen LogP contribution in [-0.2, 0) is 20.9 Å². The van der Waals surface area contributed by atoms with Crippen LogP contribution in [0.3, 0.4) is 0 Å².